The van der Waals surface area contributed by atoms with Gasteiger partial charge in [0.2, 0.25) is 0 Å². The Labute approximate surface area is 101 Å². The van der Waals surface area contributed by atoms with Crippen molar-refractivity contribution in [1.82, 2.24) is 5.32 Å². The first-order valence-electron chi connectivity index (χ1n) is 6.01. The van der Waals surface area contributed by atoms with Gasteiger partial charge in [0.15, 0.2) is 0 Å². The minimum Gasteiger partial charge on any atom is -0.394 e. The van der Waals surface area contributed by atoms with Gasteiger partial charge >= 0.3 is 0 Å². The molecule has 0 saturated carbocycles. The lowest BCUT2D eigenvalue weighted by Gasteiger charge is -2.19. The second kappa shape index (κ2) is 6.10. The molecule has 94 valence electrons. The smallest absolute Gasteiger partial charge is 0.128 e. The highest BCUT2D eigenvalue weighted by Gasteiger charge is 2.19. The molecule has 17 heavy (non-hydrogen) atoms. The second-order valence-electron chi connectivity index (χ2n) is 4.30. The van der Waals surface area contributed by atoms with Gasteiger partial charge in [-0.25, -0.2) is 4.39 Å². The van der Waals surface area contributed by atoms with Crippen LogP contribution in [0.1, 0.15) is 24.4 Å². The zero-order valence-electron chi connectivity index (χ0n) is 9.73. The third-order valence-electron chi connectivity index (χ3n) is 3.08. The van der Waals surface area contributed by atoms with Crippen LogP contribution < -0.4 is 5.32 Å². The van der Waals surface area contributed by atoms with Crippen LogP contribution in [0.5, 0.6) is 0 Å². The van der Waals surface area contributed by atoms with Gasteiger partial charge in [0, 0.05) is 18.7 Å². The molecule has 4 heteroatoms. The summed E-state index contributed by atoms with van der Waals surface area (Å²) < 4.78 is 19.0. The lowest BCUT2D eigenvalue weighted by molar-refractivity contribution is 0.103. The van der Waals surface area contributed by atoms with Crippen molar-refractivity contribution >= 4 is 0 Å². The molecule has 1 aliphatic rings. The molecule has 1 aliphatic heterocycles. The van der Waals surface area contributed by atoms with Gasteiger partial charge in [-0.2, -0.15) is 0 Å². The summed E-state index contributed by atoms with van der Waals surface area (Å²) in [6, 6.07) is 6.16. The van der Waals surface area contributed by atoms with Crippen molar-refractivity contribution in [3.63, 3.8) is 0 Å². The van der Waals surface area contributed by atoms with Crippen LogP contribution >= 0.6 is 0 Å². The van der Waals surface area contributed by atoms with Crippen LogP contribution in [0.15, 0.2) is 24.3 Å². The molecule has 1 aromatic rings. The molecule has 1 heterocycles. The molecule has 3 nitrogen and oxygen atoms in total. The summed E-state index contributed by atoms with van der Waals surface area (Å²) >= 11 is 0. The van der Waals surface area contributed by atoms with Crippen LogP contribution in [-0.4, -0.2) is 31.0 Å². The van der Waals surface area contributed by atoms with Crippen LogP contribution in [-0.2, 0) is 4.74 Å². The van der Waals surface area contributed by atoms with Crippen LogP contribution in [0, 0.1) is 5.82 Å². The lowest BCUT2D eigenvalue weighted by atomic mass is 10.1. The third kappa shape index (κ3) is 3.25. The molecule has 1 aromatic carbocycles. The number of hydrogen-bond acceptors (Lipinski definition) is 3. The molecule has 2 atom stereocenters. The Bertz CT molecular complexity index is 353. The minimum absolute atomic E-state index is 0.117. The molecule has 0 aromatic heterocycles. The predicted molar refractivity (Wildman–Crippen MR) is 63.2 cm³/mol. The number of ether oxygens (including phenoxy) is 1. The lowest BCUT2D eigenvalue weighted by Crippen LogP contribution is -2.32. The Morgan fingerprint density at radius 3 is 2.94 bits per heavy atom. The molecule has 0 aliphatic carbocycles. The summed E-state index contributed by atoms with van der Waals surface area (Å²) in [4.78, 5) is 0. The molecule has 0 bridgehead atoms. The summed E-state index contributed by atoms with van der Waals surface area (Å²) in [6.07, 6.45) is 2.30. The molecule has 0 spiro atoms. The van der Waals surface area contributed by atoms with Crippen molar-refractivity contribution < 1.29 is 14.2 Å². The Morgan fingerprint density at radius 2 is 2.29 bits per heavy atom. The van der Waals surface area contributed by atoms with Crippen molar-refractivity contribution in [2.75, 3.05) is 19.8 Å². The second-order valence-corrected chi connectivity index (χ2v) is 4.30. The zero-order chi connectivity index (χ0) is 12.1. The molecule has 2 N–H and O–H groups in total. The summed E-state index contributed by atoms with van der Waals surface area (Å²) in [5.74, 6) is -0.286. The van der Waals surface area contributed by atoms with E-state index in [4.69, 9.17) is 4.74 Å². The van der Waals surface area contributed by atoms with Gasteiger partial charge in [0.05, 0.1) is 18.8 Å². The maximum absolute atomic E-state index is 13.5. The Hall–Kier alpha value is -0.970. The zero-order valence-corrected chi connectivity index (χ0v) is 9.73. The maximum atomic E-state index is 13.5. The quantitative estimate of drug-likeness (QED) is 0.820. The monoisotopic (exact) mass is 239 g/mol. The topological polar surface area (TPSA) is 41.5 Å². The number of aliphatic hydroxyl groups is 1. The third-order valence-corrected chi connectivity index (χ3v) is 3.08. The van der Waals surface area contributed by atoms with Crippen molar-refractivity contribution in [2.24, 2.45) is 0 Å². The highest BCUT2D eigenvalue weighted by atomic mass is 19.1. The fourth-order valence-electron chi connectivity index (χ4n) is 2.11. The first kappa shape index (κ1) is 12.5. The van der Waals surface area contributed by atoms with E-state index in [9.17, 15) is 9.50 Å². The van der Waals surface area contributed by atoms with E-state index in [0.29, 0.717) is 12.1 Å². The summed E-state index contributed by atoms with van der Waals surface area (Å²) in [5, 5.41) is 12.5. The van der Waals surface area contributed by atoms with E-state index in [2.05, 4.69) is 5.32 Å². The van der Waals surface area contributed by atoms with Gasteiger partial charge < -0.3 is 15.2 Å². The van der Waals surface area contributed by atoms with Gasteiger partial charge in [-0.1, -0.05) is 18.2 Å². The van der Waals surface area contributed by atoms with Crippen LogP contribution in [0.4, 0.5) is 4.39 Å². The summed E-state index contributed by atoms with van der Waals surface area (Å²) in [6.45, 7) is 1.34. The van der Waals surface area contributed by atoms with Gasteiger partial charge in [0.1, 0.15) is 5.82 Å². The van der Waals surface area contributed by atoms with Crippen LogP contribution in [0.2, 0.25) is 0 Å². The highest BCUT2D eigenvalue weighted by molar-refractivity contribution is 5.21. The van der Waals surface area contributed by atoms with E-state index in [1.165, 1.54) is 6.07 Å². The first-order valence-corrected chi connectivity index (χ1v) is 6.01. The average Bonchev–Trinajstić information content (AvgIpc) is 2.85. The van der Waals surface area contributed by atoms with Crippen LogP contribution in [0.3, 0.4) is 0 Å². The maximum Gasteiger partial charge on any atom is 0.128 e. The summed E-state index contributed by atoms with van der Waals surface area (Å²) in [5.41, 5.74) is 0.507. The van der Waals surface area contributed by atoms with Crippen LogP contribution in [0.25, 0.3) is 0 Å². The average molecular weight is 239 g/mol. The molecule has 1 fully saturated rings. The largest absolute Gasteiger partial charge is 0.394 e. The number of nitrogens with one attached hydrogen (secondary N) is 1. The van der Waals surface area contributed by atoms with Gasteiger partial charge in [0.25, 0.3) is 0 Å². The number of aliphatic hydroxyl groups excluding tert-OH is 1. The van der Waals surface area contributed by atoms with Gasteiger partial charge in [-0.05, 0) is 18.9 Å². The van der Waals surface area contributed by atoms with Gasteiger partial charge in [-0.3, -0.25) is 0 Å². The molecular weight excluding hydrogens is 221 g/mol. The molecule has 0 radical (unpaired) electrons. The molecule has 2 rings (SSSR count). The van der Waals surface area contributed by atoms with E-state index in [0.717, 1.165) is 19.4 Å². The molecule has 2 unspecified atom stereocenters. The van der Waals surface area contributed by atoms with Crippen molar-refractivity contribution in [2.45, 2.75) is 25.0 Å². The Balaban J connectivity index is 1.94. The fourth-order valence-corrected chi connectivity index (χ4v) is 2.11. The first-order chi connectivity index (χ1) is 8.31. The predicted octanol–water partition coefficient (Wildman–Crippen LogP) is 1.63. The minimum atomic E-state index is -0.361. The van der Waals surface area contributed by atoms with E-state index >= 15 is 0 Å². The number of hydrogen-bond donors (Lipinski definition) is 2. The normalized spacial score (nSPS) is 21.6. The Kier molecular flexibility index (Phi) is 4.48. The van der Waals surface area contributed by atoms with Gasteiger partial charge in [-0.15, -0.1) is 0 Å². The molecule has 0 amide bonds. The molecular formula is C13H18FNO2. The van der Waals surface area contributed by atoms with Crippen molar-refractivity contribution in [3.8, 4) is 0 Å². The highest BCUT2D eigenvalue weighted by Crippen LogP contribution is 2.17. The SMILES string of the molecule is OCC(NCC1CCCO1)c1ccccc1F. The molecule has 1 saturated heterocycles. The number of benzene rings is 1. The number of rotatable bonds is 5. The van der Waals surface area contributed by atoms with E-state index < -0.39 is 0 Å². The van der Waals surface area contributed by atoms with Crippen molar-refractivity contribution in [1.29, 1.82) is 0 Å². The standard InChI is InChI=1S/C13H18FNO2/c14-12-6-2-1-5-11(12)13(9-16)15-8-10-4-3-7-17-10/h1-2,5-6,10,13,15-16H,3-4,7-9H2. The fraction of sp³-hybridized carbons (Fsp3) is 0.538. The van der Waals surface area contributed by atoms with E-state index in [-0.39, 0.29) is 24.6 Å². The van der Waals surface area contributed by atoms with E-state index in [1.54, 1.807) is 18.2 Å². The summed E-state index contributed by atoms with van der Waals surface area (Å²) in [7, 11) is 0. The van der Waals surface area contributed by atoms with Crippen molar-refractivity contribution in [3.05, 3.63) is 35.6 Å². The number of halogens is 1. The Morgan fingerprint density at radius 1 is 1.47 bits per heavy atom. The van der Waals surface area contributed by atoms with E-state index in [1.807, 2.05) is 0 Å².